The number of carbonyl (C=O) groups excluding carboxylic acids is 2. The smallest absolute Gasteiger partial charge is 0.304 e. The minimum absolute atomic E-state index is 0.0225. The number of rotatable bonds is 3. The third kappa shape index (κ3) is 2.72. The Morgan fingerprint density at radius 3 is 2.26 bits per heavy atom. The van der Waals surface area contributed by atoms with Crippen molar-refractivity contribution >= 4 is 17.4 Å². The number of hydrogen-bond acceptors (Lipinski definition) is 2. The van der Waals surface area contributed by atoms with E-state index in [9.17, 15) is 22.8 Å². The van der Waals surface area contributed by atoms with Crippen molar-refractivity contribution in [2.45, 2.75) is 12.6 Å². The van der Waals surface area contributed by atoms with Crippen LogP contribution < -0.4 is 4.90 Å². The van der Waals surface area contributed by atoms with Gasteiger partial charge in [0, 0.05) is 6.54 Å². The highest BCUT2D eigenvalue weighted by molar-refractivity contribution is 6.52. The average molecular weight is 319 g/mol. The molecule has 0 unspecified atom stereocenters. The molecule has 0 saturated heterocycles. The maximum atomic E-state index is 13.2. The molecule has 3 rings (SSSR count). The van der Waals surface area contributed by atoms with E-state index in [-0.39, 0.29) is 17.8 Å². The van der Waals surface area contributed by atoms with Gasteiger partial charge in [0.2, 0.25) is 0 Å². The van der Waals surface area contributed by atoms with Crippen molar-refractivity contribution in [2.24, 2.45) is 0 Å². The lowest BCUT2D eigenvalue weighted by Crippen LogP contribution is -2.32. The first-order chi connectivity index (χ1) is 10.9. The van der Waals surface area contributed by atoms with Gasteiger partial charge in [-0.15, -0.1) is 0 Å². The first kappa shape index (κ1) is 15.3. The highest BCUT2D eigenvalue weighted by Gasteiger charge is 2.43. The van der Waals surface area contributed by atoms with E-state index in [0.29, 0.717) is 6.42 Å². The summed E-state index contributed by atoms with van der Waals surface area (Å²) in [7, 11) is 0. The first-order valence-electron chi connectivity index (χ1n) is 7.00. The molecular formula is C17H12F3NO2. The van der Waals surface area contributed by atoms with Crippen LogP contribution in [0.25, 0.3) is 0 Å². The van der Waals surface area contributed by atoms with Crippen LogP contribution in [0.2, 0.25) is 0 Å². The summed E-state index contributed by atoms with van der Waals surface area (Å²) in [4.78, 5) is 24.9. The first-order valence-corrected chi connectivity index (χ1v) is 7.00. The molecule has 6 heteroatoms. The van der Waals surface area contributed by atoms with Crippen molar-refractivity contribution in [1.82, 2.24) is 0 Å². The molecule has 2 aromatic carbocycles. The van der Waals surface area contributed by atoms with Gasteiger partial charge in [-0.2, -0.15) is 13.2 Å². The van der Waals surface area contributed by atoms with E-state index in [4.69, 9.17) is 0 Å². The molecule has 0 N–H and O–H groups in total. The van der Waals surface area contributed by atoms with Crippen LogP contribution in [0.1, 0.15) is 21.5 Å². The molecular weight excluding hydrogens is 307 g/mol. The topological polar surface area (TPSA) is 37.4 Å². The van der Waals surface area contributed by atoms with Gasteiger partial charge in [0.15, 0.2) is 0 Å². The van der Waals surface area contributed by atoms with Crippen LogP contribution in [-0.2, 0) is 17.4 Å². The maximum absolute atomic E-state index is 13.2. The predicted molar refractivity (Wildman–Crippen MR) is 78.3 cm³/mol. The van der Waals surface area contributed by atoms with E-state index in [2.05, 4.69) is 0 Å². The van der Waals surface area contributed by atoms with Gasteiger partial charge in [0.25, 0.3) is 11.7 Å². The summed E-state index contributed by atoms with van der Waals surface area (Å²) in [5.41, 5.74) is -0.586. The third-order valence-electron chi connectivity index (χ3n) is 3.76. The Morgan fingerprint density at radius 1 is 0.913 bits per heavy atom. The number of nitrogens with zero attached hydrogens (tertiary/aromatic N) is 1. The molecule has 0 bridgehead atoms. The summed E-state index contributed by atoms with van der Waals surface area (Å²) in [5.74, 6) is -1.80. The van der Waals surface area contributed by atoms with Gasteiger partial charge in [0.05, 0.1) is 16.8 Å². The zero-order valence-corrected chi connectivity index (χ0v) is 11.9. The SMILES string of the molecule is O=C1C(=O)N(CCc2ccccc2)c2c1cccc2C(F)(F)F. The molecule has 1 aliphatic heterocycles. The minimum atomic E-state index is -4.62. The fraction of sp³-hybridized carbons (Fsp3) is 0.176. The molecule has 118 valence electrons. The van der Waals surface area contributed by atoms with Crippen molar-refractivity contribution in [1.29, 1.82) is 0 Å². The molecule has 0 atom stereocenters. The molecule has 1 heterocycles. The second-order valence-electron chi connectivity index (χ2n) is 5.22. The molecule has 0 aliphatic carbocycles. The van der Waals surface area contributed by atoms with Crippen LogP contribution in [0.5, 0.6) is 0 Å². The lowest BCUT2D eigenvalue weighted by Gasteiger charge is -2.20. The lowest BCUT2D eigenvalue weighted by atomic mass is 10.1. The van der Waals surface area contributed by atoms with E-state index in [1.807, 2.05) is 18.2 Å². The number of benzene rings is 2. The zero-order valence-electron chi connectivity index (χ0n) is 11.9. The lowest BCUT2D eigenvalue weighted by molar-refractivity contribution is -0.137. The largest absolute Gasteiger partial charge is 0.418 e. The van der Waals surface area contributed by atoms with Crippen LogP contribution in [0.4, 0.5) is 18.9 Å². The molecule has 0 fully saturated rings. The van der Waals surface area contributed by atoms with Gasteiger partial charge in [-0.1, -0.05) is 36.4 Å². The Bertz CT molecular complexity index is 769. The highest BCUT2D eigenvalue weighted by atomic mass is 19.4. The number of para-hydroxylation sites is 1. The van der Waals surface area contributed by atoms with E-state index >= 15 is 0 Å². The van der Waals surface area contributed by atoms with Crippen LogP contribution >= 0.6 is 0 Å². The van der Waals surface area contributed by atoms with Crippen molar-refractivity contribution in [2.75, 3.05) is 11.4 Å². The van der Waals surface area contributed by atoms with Gasteiger partial charge in [0.1, 0.15) is 0 Å². The third-order valence-corrected chi connectivity index (χ3v) is 3.76. The van der Waals surface area contributed by atoms with E-state index < -0.39 is 23.4 Å². The summed E-state index contributed by atoms with van der Waals surface area (Å²) in [6.45, 7) is 0.0225. The Hall–Kier alpha value is -2.63. The molecule has 1 aliphatic rings. The number of carbonyl (C=O) groups is 2. The number of halogens is 3. The maximum Gasteiger partial charge on any atom is 0.418 e. The Kier molecular flexibility index (Phi) is 3.67. The number of alkyl halides is 3. The molecule has 2 aromatic rings. The van der Waals surface area contributed by atoms with Crippen LogP contribution in [0.3, 0.4) is 0 Å². The van der Waals surface area contributed by atoms with Crippen LogP contribution in [-0.4, -0.2) is 18.2 Å². The average Bonchev–Trinajstić information content (AvgIpc) is 2.77. The van der Waals surface area contributed by atoms with Crippen molar-refractivity contribution < 1.29 is 22.8 Å². The van der Waals surface area contributed by atoms with Gasteiger partial charge in [-0.05, 0) is 24.1 Å². The Labute approximate surface area is 130 Å². The summed E-state index contributed by atoms with van der Waals surface area (Å²) in [5, 5.41) is 0. The van der Waals surface area contributed by atoms with Crippen molar-refractivity contribution in [3.05, 3.63) is 65.2 Å². The quantitative estimate of drug-likeness (QED) is 0.812. The van der Waals surface area contributed by atoms with E-state index in [0.717, 1.165) is 22.6 Å². The van der Waals surface area contributed by atoms with Gasteiger partial charge in [-0.25, -0.2) is 0 Å². The van der Waals surface area contributed by atoms with E-state index in [1.165, 1.54) is 6.07 Å². The Morgan fingerprint density at radius 2 is 1.61 bits per heavy atom. The van der Waals surface area contributed by atoms with E-state index in [1.54, 1.807) is 12.1 Å². The molecule has 0 radical (unpaired) electrons. The second kappa shape index (κ2) is 5.53. The van der Waals surface area contributed by atoms with Gasteiger partial charge >= 0.3 is 6.18 Å². The standard InChI is InChI=1S/C17H12F3NO2/c18-17(19,20)13-8-4-7-12-14(13)21(16(23)15(12)22)10-9-11-5-2-1-3-6-11/h1-8H,9-10H2. The summed E-state index contributed by atoms with van der Waals surface area (Å²) >= 11 is 0. The number of hydrogen-bond donors (Lipinski definition) is 0. The zero-order chi connectivity index (χ0) is 16.6. The monoisotopic (exact) mass is 319 g/mol. The van der Waals surface area contributed by atoms with Gasteiger partial charge in [-0.3, -0.25) is 9.59 Å². The molecule has 0 saturated carbocycles. The number of fused-ring (bicyclic) bond motifs is 1. The van der Waals surface area contributed by atoms with Crippen molar-refractivity contribution in [3.63, 3.8) is 0 Å². The fourth-order valence-corrected chi connectivity index (χ4v) is 2.68. The van der Waals surface area contributed by atoms with Crippen molar-refractivity contribution in [3.8, 4) is 0 Å². The van der Waals surface area contributed by atoms with Gasteiger partial charge < -0.3 is 4.90 Å². The fourth-order valence-electron chi connectivity index (χ4n) is 2.68. The summed E-state index contributed by atoms with van der Waals surface area (Å²) < 4.78 is 39.6. The Balaban J connectivity index is 1.97. The molecule has 0 spiro atoms. The highest BCUT2D eigenvalue weighted by Crippen LogP contribution is 2.41. The molecule has 1 amide bonds. The molecule has 0 aromatic heterocycles. The number of Topliss-reactive ketones (excluding diaryl/α,β-unsaturated/α-hetero) is 1. The normalized spacial score (nSPS) is 14.3. The minimum Gasteiger partial charge on any atom is -0.304 e. The van der Waals surface area contributed by atoms with Crippen LogP contribution in [0.15, 0.2) is 48.5 Å². The number of anilines is 1. The number of ketones is 1. The number of amides is 1. The second-order valence-corrected chi connectivity index (χ2v) is 5.22. The molecule has 3 nitrogen and oxygen atoms in total. The summed E-state index contributed by atoms with van der Waals surface area (Å²) in [6.07, 6.45) is -4.26. The summed E-state index contributed by atoms with van der Waals surface area (Å²) in [6, 6.07) is 12.4. The molecule has 23 heavy (non-hydrogen) atoms. The predicted octanol–water partition coefficient (Wildman–Crippen LogP) is 3.48. The van der Waals surface area contributed by atoms with Crippen LogP contribution in [0, 0.1) is 0 Å².